The molecule has 24 heavy (non-hydrogen) atoms. The first-order chi connectivity index (χ1) is 10.9. The summed E-state index contributed by atoms with van der Waals surface area (Å²) in [6, 6.07) is 9.14. The summed E-state index contributed by atoms with van der Waals surface area (Å²) in [6.07, 6.45) is 1.15. The summed E-state index contributed by atoms with van der Waals surface area (Å²) in [4.78, 5) is 24.1. The lowest BCUT2D eigenvalue weighted by Crippen LogP contribution is -2.44. The van der Waals surface area contributed by atoms with Gasteiger partial charge in [-0.2, -0.15) is 0 Å². The first-order valence-electron chi connectivity index (χ1n) is 8.17. The molecule has 5 nitrogen and oxygen atoms in total. The summed E-state index contributed by atoms with van der Waals surface area (Å²) < 4.78 is 5.11. The fraction of sp³-hybridized carbons (Fsp3) is 0.556. The van der Waals surface area contributed by atoms with Crippen molar-refractivity contribution >= 4 is 24.3 Å². The monoisotopic (exact) mass is 356 g/mol. The lowest BCUT2D eigenvalue weighted by atomic mass is 9.98. The van der Waals surface area contributed by atoms with E-state index in [2.05, 4.69) is 5.32 Å². The Morgan fingerprint density at radius 3 is 2.38 bits per heavy atom. The third-order valence-corrected chi connectivity index (χ3v) is 3.53. The van der Waals surface area contributed by atoms with Crippen molar-refractivity contribution in [2.24, 2.45) is 17.6 Å². The maximum absolute atomic E-state index is 12.1. The molecule has 6 heteroatoms. The lowest BCUT2D eigenvalue weighted by Gasteiger charge is -2.19. The van der Waals surface area contributed by atoms with Crippen LogP contribution in [0.4, 0.5) is 0 Å². The van der Waals surface area contributed by atoms with Crippen molar-refractivity contribution in [3.8, 4) is 0 Å². The summed E-state index contributed by atoms with van der Waals surface area (Å²) in [5.74, 6) is -0.580. The zero-order valence-electron chi connectivity index (χ0n) is 14.7. The Bertz CT molecular complexity index is 494. The number of carbonyl (C=O) groups excluding carboxylic acids is 2. The maximum atomic E-state index is 12.1. The van der Waals surface area contributed by atoms with Gasteiger partial charge in [-0.25, -0.2) is 0 Å². The zero-order valence-corrected chi connectivity index (χ0v) is 15.5. The number of nitrogens with one attached hydrogen (secondary N) is 1. The molecule has 0 bridgehead atoms. The van der Waals surface area contributed by atoms with E-state index in [1.54, 1.807) is 6.92 Å². The van der Waals surface area contributed by atoms with Gasteiger partial charge in [0.2, 0.25) is 5.91 Å². The van der Waals surface area contributed by atoms with E-state index in [1.165, 1.54) is 0 Å². The molecule has 2 atom stereocenters. The normalized spacial score (nSPS) is 12.9. The van der Waals surface area contributed by atoms with Crippen LogP contribution in [-0.2, 0) is 20.7 Å². The highest BCUT2D eigenvalue weighted by atomic mass is 35.5. The van der Waals surface area contributed by atoms with Crippen molar-refractivity contribution in [1.82, 2.24) is 5.32 Å². The first-order valence-corrected chi connectivity index (χ1v) is 8.17. The smallest absolute Gasteiger partial charge is 0.311 e. The predicted octanol–water partition coefficient (Wildman–Crippen LogP) is 2.32. The van der Waals surface area contributed by atoms with Gasteiger partial charge in [-0.3, -0.25) is 9.59 Å². The molecule has 0 fully saturated rings. The summed E-state index contributed by atoms with van der Waals surface area (Å²) in [5, 5.41) is 2.78. The molecule has 0 heterocycles. The summed E-state index contributed by atoms with van der Waals surface area (Å²) in [6.45, 7) is 6.37. The number of carbonyl (C=O) groups is 2. The van der Waals surface area contributed by atoms with E-state index in [9.17, 15) is 9.59 Å². The number of hydrogen-bond acceptors (Lipinski definition) is 4. The van der Waals surface area contributed by atoms with Gasteiger partial charge in [0.25, 0.3) is 0 Å². The highest BCUT2D eigenvalue weighted by Crippen LogP contribution is 2.11. The molecule has 0 aliphatic carbocycles. The summed E-state index contributed by atoms with van der Waals surface area (Å²) in [5.41, 5.74) is 6.90. The second-order valence-electron chi connectivity index (χ2n) is 6.12. The summed E-state index contributed by atoms with van der Waals surface area (Å²) >= 11 is 0. The van der Waals surface area contributed by atoms with Crippen LogP contribution in [0.25, 0.3) is 0 Å². The van der Waals surface area contributed by atoms with E-state index in [4.69, 9.17) is 10.5 Å². The standard InChI is InChI=1S/C18H28N2O3.ClH/c1-4-23-18(22)15(11-14-8-6-5-7-9-14)12-20-17(21)16(19)10-13(2)3;/h5-9,13,15-16H,4,10-12,19H2,1-3H3,(H,20,21);1H/t15?,16-;/m0./s1. The van der Waals surface area contributed by atoms with Gasteiger partial charge < -0.3 is 15.8 Å². The molecule has 0 aliphatic rings. The minimum atomic E-state index is -0.547. The molecule has 0 saturated heterocycles. The maximum Gasteiger partial charge on any atom is 0.311 e. The van der Waals surface area contributed by atoms with E-state index >= 15 is 0 Å². The Kier molecular flexibility index (Phi) is 11.1. The topological polar surface area (TPSA) is 81.4 Å². The molecule has 0 spiro atoms. The molecular formula is C18H29ClN2O3. The van der Waals surface area contributed by atoms with Crippen molar-refractivity contribution in [2.45, 2.75) is 39.7 Å². The van der Waals surface area contributed by atoms with Crippen LogP contribution in [0.1, 0.15) is 32.8 Å². The van der Waals surface area contributed by atoms with Gasteiger partial charge in [0, 0.05) is 6.54 Å². The van der Waals surface area contributed by atoms with E-state index in [1.807, 2.05) is 44.2 Å². The summed E-state index contributed by atoms with van der Waals surface area (Å²) in [7, 11) is 0. The lowest BCUT2D eigenvalue weighted by molar-refractivity contribution is -0.147. The number of nitrogens with two attached hydrogens (primary N) is 1. The number of ether oxygens (including phenoxy) is 1. The van der Waals surface area contributed by atoms with E-state index in [0.717, 1.165) is 5.56 Å². The van der Waals surface area contributed by atoms with E-state index in [0.29, 0.717) is 25.4 Å². The number of hydrogen-bond donors (Lipinski definition) is 2. The average Bonchev–Trinajstić information content (AvgIpc) is 2.51. The number of halogens is 1. The molecule has 3 N–H and O–H groups in total. The van der Waals surface area contributed by atoms with Crippen molar-refractivity contribution in [3.05, 3.63) is 35.9 Å². The van der Waals surface area contributed by atoms with Gasteiger partial charge in [0.1, 0.15) is 0 Å². The van der Waals surface area contributed by atoms with Crippen molar-refractivity contribution < 1.29 is 14.3 Å². The van der Waals surface area contributed by atoms with Gasteiger partial charge in [-0.1, -0.05) is 44.2 Å². The van der Waals surface area contributed by atoms with Crippen molar-refractivity contribution in [1.29, 1.82) is 0 Å². The average molecular weight is 357 g/mol. The molecule has 0 radical (unpaired) electrons. The third-order valence-electron chi connectivity index (χ3n) is 3.53. The number of esters is 1. The second-order valence-corrected chi connectivity index (χ2v) is 6.12. The van der Waals surface area contributed by atoms with E-state index < -0.39 is 12.0 Å². The number of rotatable bonds is 9. The van der Waals surface area contributed by atoms with Crippen LogP contribution < -0.4 is 11.1 Å². The quantitative estimate of drug-likeness (QED) is 0.665. The van der Waals surface area contributed by atoms with Crippen LogP contribution in [-0.4, -0.2) is 31.1 Å². The second kappa shape index (κ2) is 11.9. The predicted molar refractivity (Wildman–Crippen MR) is 98.0 cm³/mol. The molecule has 0 saturated carbocycles. The highest BCUT2D eigenvalue weighted by Gasteiger charge is 2.23. The minimum absolute atomic E-state index is 0. The Balaban J connectivity index is 0.00000529. The van der Waals surface area contributed by atoms with Gasteiger partial charge in [-0.15, -0.1) is 12.4 Å². The molecule has 1 unspecified atom stereocenters. The molecular weight excluding hydrogens is 328 g/mol. The van der Waals surface area contributed by atoms with Gasteiger partial charge in [0.05, 0.1) is 18.6 Å². The Morgan fingerprint density at radius 2 is 1.83 bits per heavy atom. The number of amides is 1. The van der Waals surface area contributed by atoms with Crippen LogP contribution in [0.3, 0.4) is 0 Å². The zero-order chi connectivity index (χ0) is 17.2. The molecule has 1 rings (SSSR count). The SMILES string of the molecule is CCOC(=O)C(CNC(=O)[C@@H](N)CC(C)C)Cc1ccccc1.Cl. The third kappa shape index (κ3) is 8.31. The molecule has 1 aromatic carbocycles. The number of benzene rings is 1. The largest absolute Gasteiger partial charge is 0.466 e. The van der Waals surface area contributed by atoms with Crippen LogP contribution in [0.15, 0.2) is 30.3 Å². The van der Waals surface area contributed by atoms with Crippen LogP contribution in [0.5, 0.6) is 0 Å². The van der Waals surface area contributed by atoms with Gasteiger partial charge in [0.15, 0.2) is 0 Å². The highest BCUT2D eigenvalue weighted by molar-refractivity contribution is 5.85. The molecule has 1 aromatic rings. The molecule has 1 amide bonds. The van der Waals surface area contributed by atoms with Crippen molar-refractivity contribution in [2.75, 3.05) is 13.2 Å². The fourth-order valence-electron chi connectivity index (χ4n) is 2.37. The fourth-order valence-corrected chi connectivity index (χ4v) is 2.37. The van der Waals surface area contributed by atoms with Crippen LogP contribution in [0, 0.1) is 11.8 Å². The Morgan fingerprint density at radius 1 is 1.21 bits per heavy atom. The Hall–Kier alpha value is -1.59. The molecule has 0 aliphatic heterocycles. The van der Waals surface area contributed by atoms with E-state index in [-0.39, 0.29) is 30.8 Å². The van der Waals surface area contributed by atoms with Gasteiger partial charge >= 0.3 is 5.97 Å². The molecule has 136 valence electrons. The minimum Gasteiger partial charge on any atom is -0.466 e. The van der Waals surface area contributed by atoms with Crippen LogP contribution in [0.2, 0.25) is 0 Å². The van der Waals surface area contributed by atoms with Crippen molar-refractivity contribution in [3.63, 3.8) is 0 Å². The Labute approximate surface area is 150 Å². The van der Waals surface area contributed by atoms with Gasteiger partial charge in [-0.05, 0) is 31.2 Å². The van der Waals surface area contributed by atoms with Crippen LogP contribution >= 0.6 is 12.4 Å². The molecule has 0 aromatic heterocycles. The first kappa shape index (κ1) is 22.4.